The maximum atomic E-state index is 12.9. The van der Waals surface area contributed by atoms with Crippen LogP contribution < -0.4 is 0 Å². The van der Waals surface area contributed by atoms with Gasteiger partial charge in [-0.05, 0) is 25.0 Å². The van der Waals surface area contributed by atoms with Crippen LogP contribution in [0.2, 0.25) is 0 Å². The summed E-state index contributed by atoms with van der Waals surface area (Å²) >= 11 is 0. The van der Waals surface area contributed by atoms with Crippen molar-refractivity contribution < 1.29 is 9.59 Å². The van der Waals surface area contributed by atoms with Crippen LogP contribution in [0.1, 0.15) is 33.7 Å². The zero-order chi connectivity index (χ0) is 18.6. The number of benzene rings is 2. The van der Waals surface area contributed by atoms with Crippen molar-refractivity contribution in [3.05, 3.63) is 78.1 Å². The largest absolute Gasteiger partial charge is 0.337 e. The van der Waals surface area contributed by atoms with E-state index in [-0.39, 0.29) is 17.6 Å². The Balaban J connectivity index is 1.44. The molecule has 0 bridgehead atoms. The highest BCUT2D eigenvalue weighted by atomic mass is 16.2. The number of rotatable bonds is 4. The predicted octanol–water partition coefficient (Wildman–Crippen LogP) is 3.00. The molecule has 0 saturated carbocycles. The summed E-state index contributed by atoms with van der Waals surface area (Å²) in [6.07, 6.45) is 2.84. The predicted molar refractivity (Wildman–Crippen MR) is 101 cm³/mol. The standard InChI is InChI=1S/C21H20N4O2/c26-20(16-7-3-1-4-8-16)17-11-13-24(14-12-17)21(27)19-15-22-23-25(19)18-9-5-2-6-10-18/h1-10,15,17H,11-14H2. The van der Waals surface area contributed by atoms with Crippen molar-refractivity contribution in [3.8, 4) is 5.69 Å². The van der Waals surface area contributed by atoms with Crippen molar-refractivity contribution >= 4 is 11.7 Å². The lowest BCUT2D eigenvalue weighted by Crippen LogP contribution is -2.41. The molecule has 0 N–H and O–H groups in total. The van der Waals surface area contributed by atoms with E-state index in [9.17, 15) is 9.59 Å². The maximum Gasteiger partial charge on any atom is 0.274 e. The molecule has 1 saturated heterocycles. The number of Topliss-reactive ketones (excluding diaryl/α,β-unsaturated/α-hetero) is 1. The average molecular weight is 360 g/mol. The fourth-order valence-electron chi connectivity index (χ4n) is 3.49. The number of hydrogen-bond donors (Lipinski definition) is 0. The van der Waals surface area contributed by atoms with Crippen LogP contribution in [0.4, 0.5) is 0 Å². The van der Waals surface area contributed by atoms with E-state index in [4.69, 9.17) is 0 Å². The Morgan fingerprint density at radius 2 is 1.52 bits per heavy atom. The van der Waals surface area contributed by atoms with Crippen LogP contribution in [0.5, 0.6) is 0 Å². The summed E-state index contributed by atoms with van der Waals surface area (Å²) in [5.41, 5.74) is 1.98. The molecular weight excluding hydrogens is 340 g/mol. The number of carbonyl (C=O) groups is 2. The number of hydrogen-bond acceptors (Lipinski definition) is 4. The van der Waals surface area contributed by atoms with Gasteiger partial charge in [-0.3, -0.25) is 9.59 Å². The van der Waals surface area contributed by atoms with Gasteiger partial charge in [0.25, 0.3) is 5.91 Å². The molecule has 1 aliphatic rings. The van der Waals surface area contributed by atoms with Crippen molar-refractivity contribution in [3.63, 3.8) is 0 Å². The lowest BCUT2D eigenvalue weighted by Gasteiger charge is -2.31. The monoisotopic (exact) mass is 360 g/mol. The first-order valence-electron chi connectivity index (χ1n) is 9.08. The number of nitrogens with zero attached hydrogens (tertiary/aromatic N) is 4. The van der Waals surface area contributed by atoms with Crippen LogP contribution in [0.3, 0.4) is 0 Å². The van der Waals surface area contributed by atoms with Crippen LogP contribution in [0.15, 0.2) is 66.9 Å². The van der Waals surface area contributed by atoms with E-state index in [0.717, 1.165) is 11.3 Å². The van der Waals surface area contributed by atoms with Gasteiger partial charge < -0.3 is 4.90 Å². The normalized spacial score (nSPS) is 14.9. The Morgan fingerprint density at radius 3 is 2.19 bits per heavy atom. The van der Waals surface area contributed by atoms with Crippen molar-refractivity contribution in [2.24, 2.45) is 5.92 Å². The Kier molecular flexibility index (Phi) is 4.78. The van der Waals surface area contributed by atoms with Crippen LogP contribution >= 0.6 is 0 Å². The summed E-state index contributed by atoms with van der Waals surface area (Å²) in [4.78, 5) is 27.3. The second-order valence-electron chi connectivity index (χ2n) is 6.66. The lowest BCUT2D eigenvalue weighted by atomic mass is 9.89. The molecule has 1 fully saturated rings. The summed E-state index contributed by atoms with van der Waals surface area (Å²) in [5.74, 6) is 0.0294. The lowest BCUT2D eigenvalue weighted by molar-refractivity contribution is 0.0643. The van der Waals surface area contributed by atoms with Gasteiger partial charge in [0.15, 0.2) is 11.5 Å². The first-order chi connectivity index (χ1) is 13.2. The number of para-hydroxylation sites is 1. The van der Waals surface area contributed by atoms with Crippen molar-refractivity contribution in [2.45, 2.75) is 12.8 Å². The Morgan fingerprint density at radius 1 is 0.889 bits per heavy atom. The summed E-state index contributed by atoms with van der Waals surface area (Å²) in [7, 11) is 0. The van der Waals surface area contributed by atoms with Gasteiger partial charge in [0.2, 0.25) is 0 Å². The van der Waals surface area contributed by atoms with Crippen molar-refractivity contribution in [2.75, 3.05) is 13.1 Å². The van der Waals surface area contributed by atoms with Crippen LogP contribution in [-0.2, 0) is 0 Å². The quantitative estimate of drug-likeness (QED) is 0.671. The number of aromatic nitrogens is 3. The Bertz CT molecular complexity index is 929. The van der Waals surface area contributed by atoms with Crippen LogP contribution in [0, 0.1) is 5.92 Å². The fourth-order valence-corrected chi connectivity index (χ4v) is 3.49. The molecule has 6 nitrogen and oxygen atoms in total. The molecule has 2 aromatic carbocycles. The minimum atomic E-state index is -0.102. The van der Waals surface area contributed by atoms with Gasteiger partial charge in [0.05, 0.1) is 11.9 Å². The molecule has 3 aromatic rings. The highest BCUT2D eigenvalue weighted by molar-refractivity contribution is 5.98. The van der Waals surface area contributed by atoms with Crippen LogP contribution in [-0.4, -0.2) is 44.7 Å². The molecule has 6 heteroatoms. The van der Waals surface area contributed by atoms with E-state index in [2.05, 4.69) is 10.3 Å². The van der Waals surface area contributed by atoms with Gasteiger partial charge in [-0.2, -0.15) is 0 Å². The SMILES string of the molecule is O=C(c1ccccc1)C1CCN(C(=O)c2cnnn2-c2ccccc2)CC1. The molecule has 4 rings (SSSR count). The third-order valence-electron chi connectivity index (χ3n) is 4.98. The number of ketones is 1. The molecule has 0 radical (unpaired) electrons. The van der Waals surface area contributed by atoms with Gasteiger partial charge in [-0.1, -0.05) is 53.7 Å². The highest BCUT2D eigenvalue weighted by Gasteiger charge is 2.29. The smallest absolute Gasteiger partial charge is 0.274 e. The third kappa shape index (κ3) is 3.51. The Hall–Kier alpha value is -3.28. The van der Waals surface area contributed by atoms with Crippen molar-refractivity contribution in [1.82, 2.24) is 19.9 Å². The van der Waals surface area contributed by atoms with E-state index in [1.54, 1.807) is 9.58 Å². The van der Waals surface area contributed by atoms with Gasteiger partial charge in [-0.15, -0.1) is 5.10 Å². The van der Waals surface area contributed by atoms with Crippen LogP contribution in [0.25, 0.3) is 5.69 Å². The third-order valence-corrected chi connectivity index (χ3v) is 4.98. The molecule has 1 aliphatic heterocycles. The minimum absolute atomic E-state index is 0.0337. The zero-order valence-electron chi connectivity index (χ0n) is 14.9. The van der Waals surface area contributed by atoms with Crippen molar-refractivity contribution in [1.29, 1.82) is 0 Å². The molecular formula is C21H20N4O2. The first kappa shape index (κ1) is 17.1. The Labute approximate surface area is 157 Å². The highest BCUT2D eigenvalue weighted by Crippen LogP contribution is 2.23. The molecule has 27 heavy (non-hydrogen) atoms. The minimum Gasteiger partial charge on any atom is -0.337 e. The molecule has 2 heterocycles. The topological polar surface area (TPSA) is 68.1 Å². The number of carbonyl (C=O) groups excluding carboxylic acids is 2. The summed E-state index contributed by atoms with van der Waals surface area (Å²) in [6.45, 7) is 1.12. The van der Waals surface area contributed by atoms with Gasteiger partial charge in [0.1, 0.15) is 0 Å². The second-order valence-corrected chi connectivity index (χ2v) is 6.66. The maximum absolute atomic E-state index is 12.9. The second kappa shape index (κ2) is 7.53. The number of amides is 1. The van der Waals surface area contributed by atoms with E-state index in [0.29, 0.717) is 31.6 Å². The molecule has 0 spiro atoms. The number of likely N-dealkylation sites (tertiary alicyclic amines) is 1. The van der Waals surface area contributed by atoms with E-state index >= 15 is 0 Å². The average Bonchev–Trinajstić information content (AvgIpc) is 3.24. The molecule has 1 aromatic heterocycles. The fraction of sp³-hybridized carbons (Fsp3) is 0.238. The van der Waals surface area contributed by atoms with E-state index in [1.165, 1.54) is 6.20 Å². The van der Waals surface area contributed by atoms with Gasteiger partial charge in [-0.25, -0.2) is 4.68 Å². The molecule has 1 amide bonds. The molecule has 0 unspecified atom stereocenters. The number of piperidine rings is 1. The van der Waals surface area contributed by atoms with E-state index in [1.807, 2.05) is 60.7 Å². The van der Waals surface area contributed by atoms with Gasteiger partial charge in [0, 0.05) is 24.6 Å². The summed E-state index contributed by atoms with van der Waals surface area (Å²) in [6, 6.07) is 18.8. The summed E-state index contributed by atoms with van der Waals surface area (Å²) in [5, 5.41) is 7.96. The zero-order valence-corrected chi connectivity index (χ0v) is 14.9. The molecule has 136 valence electrons. The molecule has 0 aliphatic carbocycles. The van der Waals surface area contributed by atoms with Gasteiger partial charge >= 0.3 is 0 Å². The molecule has 0 atom stereocenters. The van der Waals surface area contributed by atoms with E-state index < -0.39 is 0 Å². The summed E-state index contributed by atoms with van der Waals surface area (Å²) < 4.78 is 1.56. The first-order valence-corrected chi connectivity index (χ1v) is 9.08.